The van der Waals surface area contributed by atoms with Gasteiger partial charge >= 0.3 is 0 Å². The van der Waals surface area contributed by atoms with E-state index in [0.29, 0.717) is 23.3 Å². The number of benzene rings is 1. The van der Waals surface area contributed by atoms with Crippen LogP contribution in [0.3, 0.4) is 0 Å². The molecule has 24 heavy (non-hydrogen) atoms. The van der Waals surface area contributed by atoms with E-state index in [1.807, 2.05) is 0 Å². The van der Waals surface area contributed by atoms with Gasteiger partial charge in [0.15, 0.2) is 0 Å². The fourth-order valence-corrected chi connectivity index (χ4v) is 7.28. The van der Waals surface area contributed by atoms with E-state index in [1.54, 1.807) is 16.4 Å². The van der Waals surface area contributed by atoms with Crippen LogP contribution < -0.4 is 0 Å². The molecule has 4 nitrogen and oxygen atoms in total. The maximum absolute atomic E-state index is 12.8. The number of thiophene rings is 1. The Morgan fingerprint density at radius 2 is 1.88 bits per heavy atom. The van der Waals surface area contributed by atoms with Gasteiger partial charge in [-0.05, 0) is 52.0 Å². The summed E-state index contributed by atoms with van der Waals surface area (Å²) < 4.78 is 28.5. The Bertz CT molecular complexity index is 850. The van der Waals surface area contributed by atoms with Crippen molar-refractivity contribution < 1.29 is 8.42 Å². The summed E-state index contributed by atoms with van der Waals surface area (Å²) in [5, 5.41) is 0. The van der Waals surface area contributed by atoms with Crippen molar-refractivity contribution in [2.75, 3.05) is 19.6 Å². The van der Waals surface area contributed by atoms with E-state index in [2.05, 4.69) is 45.1 Å². The van der Waals surface area contributed by atoms with Crippen molar-refractivity contribution in [2.45, 2.75) is 29.6 Å². The molecule has 0 aliphatic carbocycles. The normalized spacial score (nSPS) is 22.6. The predicted octanol–water partition coefficient (Wildman–Crippen LogP) is 3.33. The minimum absolute atomic E-state index is 0.316. The molecule has 0 radical (unpaired) electrons. The van der Waals surface area contributed by atoms with E-state index in [0.717, 1.165) is 29.7 Å². The Morgan fingerprint density at radius 1 is 1.08 bits per heavy atom. The molecule has 2 aliphatic rings. The van der Waals surface area contributed by atoms with Crippen LogP contribution in [-0.4, -0.2) is 43.3 Å². The number of hydrogen-bond acceptors (Lipinski definition) is 4. The third kappa shape index (κ3) is 3.08. The van der Waals surface area contributed by atoms with Crippen molar-refractivity contribution >= 4 is 37.3 Å². The van der Waals surface area contributed by atoms with Gasteiger partial charge in [-0.1, -0.05) is 24.3 Å². The lowest BCUT2D eigenvalue weighted by Crippen LogP contribution is -2.41. The highest BCUT2D eigenvalue weighted by Crippen LogP contribution is 2.32. The fourth-order valence-electron chi connectivity index (χ4n) is 3.62. The maximum atomic E-state index is 12.8. The Morgan fingerprint density at radius 3 is 2.62 bits per heavy atom. The lowest BCUT2D eigenvalue weighted by Gasteiger charge is -2.33. The summed E-state index contributed by atoms with van der Waals surface area (Å²) >= 11 is 4.63. The van der Waals surface area contributed by atoms with Crippen molar-refractivity contribution in [2.24, 2.45) is 0 Å². The van der Waals surface area contributed by atoms with Gasteiger partial charge < -0.3 is 0 Å². The molecule has 0 amide bonds. The minimum atomic E-state index is -3.35. The Hall–Kier alpha value is -0.730. The largest absolute Gasteiger partial charge is 0.294 e. The molecule has 128 valence electrons. The summed E-state index contributed by atoms with van der Waals surface area (Å²) in [4.78, 5) is 2.45. The summed E-state index contributed by atoms with van der Waals surface area (Å²) in [7, 11) is -3.35. The van der Waals surface area contributed by atoms with Gasteiger partial charge in [0.1, 0.15) is 4.21 Å². The number of hydrogen-bond donors (Lipinski definition) is 0. The molecule has 1 fully saturated rings. The van der Waals surface area contributed by atoms with Gasteiger partial charge in [0.25, 0.3) is 10.0 Å². The molecule has 0 saturated carbocycles. The van der Waals surface area contributed by atoms with Crippen molar-refractivity contribution in [3.05, 3.63) is 51.3 Å². The quantitative estimate of drug-likeness (QED) is 0.755. The van der Waals surface area contributed by atoms with E-state index in [9.17, 15) is 8.42 Å². The van der Waals surface area contributed by atoms with E-state index in [1.165, 1.54) is 22.5 Å². The van der Waals surface area contributed by atoms with Gasteiger partial charge in [-0.15, -0.1) is 11.3 Å². The van der Waals surface area contributed by atoms with Crippen LogP contribution in [0.25, 0.3) is 0 Å². The van der Waals surface area contributed by atoms with Crippen LogP contribution in [0.1, 0.15) is 17.5 Å². The molecule has 0 spiro atoms. The zero-order valence-corrected chi connectivity index (χ0v) is 16.4. The maximum Gasteiger partial charge on any atom is 0.252 e. The van der Waals surface area contributed by atoms with Crippen LogP contribution in [0.15, 0.2) is 44.4 Å². The second-order valence-corrected chi connectivity index (χ2v) is 11.0. The standard InChI is InChI=1S/C17H19BrN2O2S2/c18-16-5-6-17(23-16)24(21,22)20-10-8-15(12-20)19-9-7-13-3-1-2-4-14(13)11-19/h1-6,15H,7-12H2. The molecule has 0 bridgehead atoms. The Kier molecular flexibility index (Phi) is 4.55. The Balaban J connectivity index is 1.47. The number of halogens is 1. The van der Waals surface area contributed by atoms with Gasteiger partial charge in [-0.3, -0.25) is 4.90 Å². The average Bonchev–Trinajstić information content (AvgIpc) is 3.24. The Labute approximate surface area is 155 Å². The van der Waals surface area contributed by atoms with Crippen LogP contribution in [0.4, 0.5) is 0 Å². The SMILES string of the molecule is O=S(=O)(c1ccc(Br)s1)N1CCC(N2CCc3ccccc3C2)C1. The van der Waals surface area contributed by atoms with Crippen molar-refractivity contribution in [1.82, 2.24) is 9.21 Å². The zero-order chi connectivity index (χ0) is 16.7. The molecule has 0 N–H and O–H groups in total. The van der Waals surface area contributed by atoms with E-state index >= 15 is 0 Å². The second-order valence-electron chi connectivity index (χ2n) is 6.35. The molecule has 3 heterocycles. The van der Waals surface area contributed by atoms with E-state index < -0.39 is 10.0 Å². The lowest BCUT2D eigenvalue weighted by atomic mass is 9.98. The highest BCUT2D eigenvalue weighted by atomic mass is 79.9. The van der Waals surface area contributed by atoms with E-state index in [4.69, 9.17) is 0 Å². The summed E-state index contributed by atoms with van der Waals surface area (Å²) in [6, 6.07) is 12.4. The average molecular weight is 427 g/mol. The number of fused-ring (bicyclic) bond motifs is 1. The topological polar surface area (TPSA) is 40.6 Å². The van der Waals surface area contributed by atoms with Gasteiger partial charge in [-0.2, -0.15) is 4.31 Å². The summed E-state index contributed by atoms with van der Waals surface area (Å²) in [6.45, 7) is 3.15. The third-order valence-corrected chi connectivity index (χ3v) is 8.90. The number of nitrogens with zero attached hydrogens (tertiary/aromatic N) is 2. The van der Waals surface area contributed by atoms with Crippen LogP contribution in [0.2, 0.25) is 0 Å². The summed E-state index contributed by atoms with van der Waals surface area (Å²) in [5.74, 6) is 0. The molecule has 1 aromatic carbocycles. The molecule has 2 aromatic rings. The fraction of sp³-hybridized carbons (Fsp3) is 0.412. The first kappa shape index (κ1) is 16.7. The van der Waals surface area contributed by atoms with Gasteiger partial charge in [0.2, 0.25) is 0 Å². The molecule has 7 heteroatoms. The number of sulfonamides is 1. The summed E-state index contributed by atoms with van der Waals surface area (Å²) in [6.07, 6.45) is 1.96. The molecule has 1 aromatic heterocycles. The lowest BCUT2D eigenvalue weighted by molar-refractivity contribution is 0.185. The first-order valence-corrected chi connectivity index (χ1v) is 11.2. The molecule has 2 aliphatic heterocycles. The van der Waals surface area contributed by atoms with E-state index in [-0.39, 0.29) is 0 Å². The monoisotopic (exact) mass is 426 g/mol. The predicted molar refractivity (Wildman–Crippen MR) is 99.7 cm³/mol. The second kappa shape index (κ2) is 6.53. The number of rotatable bonds is 3. The first-order chi connectivity index (χ1) is 11.5. The first-order valence-electron chi connectivity index (χ1n) is 8.10. The third-order valence-electron chi connectivity index (χ3n) is 4.95. The summed E-state index contributed by atoms with van der Waals surface area (Å²) in [5.41, 5.74) is 2.81. The zero-order valence-electron chi connectivity index (χ0n) is 13.2. The van der Waals surface area contributed by atoms with Crippen LogP contribution >= 0.6 is 27.3 Å². The van der Waals surface area contributed by atoms with Gasteiger partial charge in [0, 0.05) is 32.2 Å². The van der Waals surface area contributed by atoms with Crippen LogP contribution in [-0.2, 0) is 23.0 Å². The van der Waals surface area contributed by atoms with Gasteiger partial charge in [0.05, 0.1) is 3.79 Å². The molecule has 1 saturated heterocycles. The smallest absolute Gasteiger partial charge is 0.252 e. The van der Waals surface area contributed by atoms with Crippen LogP contribution in [0, 0.1) is 0 Å². The van der Waals surface area contributed by atoms with Crippen LogP contribution in [0.5, 0.6) is 0 Å². The van der Waals surface area contributed by atoms with Gasteiger partial charge in [-0.25, -0.2) is 8.42 Å². The van der Waals surface area contributed by atoms with Crippen molar-refractivity contribution in [1.29, 1.82) is 0 Å². The van der Waals surface area contributed by atoms with Crippen molar-refractivity contribution in [3.8, 4) is 0 Å². The molecule has 1 unspecified atom stereocenters. The molecule has 4 rings (SSSR count). The highest BCUT2D eigenvalue weighted by Gasteiger charge is 2.36. The molecular weight excluding hydrogens is 408 g/mol. The van der Waals surface area contributed by atoms with Crippen molar-refractivity contribution in [3.63, 3.8) is 0 Å². The molecular formula is C17H19BrN2O2S2. The molecule has 1 atom stereocenters. The minimum Gasteiger partial charge on any atom is -0.294 e. The highest BCUT2D eigenvalue weighted by molar-refractivity contribution is 9.11.